The molecule has 1 saturated heterocycles. The summed E-state index contributed by atoms with van der Waals surface area (Å²) in [4.78, 5) is 35.8. The molecule has 0 bridgehead atoms. The Morgan fingerprint density at radius 2 is 1.91 bits per heavy atom. The molecule has 9 heteroatoms. The fourth-order valence-electron chi connectivity index (χ4n) is 3.89. The Balaban J connectivity index is 1.58. The Hall–Kier alpha value is -3.17. The highest BCUT2D eigenvalue weighted by molar-refractivity contribution is 7.99. The van der Waals surface area contributed by atoms with Crippen LogP contribution in [0, 0.1) is 6.92 Å². The number of aryl methyl sites for hydroxylation is 1. The summed E-state index contributed by atoms with van der Waals surface area (Å²) >= 11 is 1.60. The van der Waals surface area contributed by atoms with E-state index in [2.05, 4.69) is 21.1 Å². The summed E-state index contributed by atoms with van der Waals surface area (Å²) in [6, 6.07) is 15.8. The highest BCUT2D eigenvalue weighted by atomic mass is 32.2. The summed E-state index contributed by atoms with van der Waals surface area (Å²) in [5.74, 6) is 0.438. The number of nitrogens with one attached hydrogen (secondary N) is 1. The number of ether oxygens (including phenoxy) is 1. The molecule has 33 heavy (non-hydrogen) atoms. The van der Waals surface area contributed by atoms with E-state index in [1.54, 1.807) is 29.9 Å². The van der Waals surface area contributed by atoms with Gasteiger partial charge in [0.05, 0.1) is 17.4 Å². The largest absolute Gasteiger partial charge is 0.381 e. The van der Waals surface area contributed by atoms with Crippen LogP contribution < -0.4 is 5.69 Å². The van der Waals surface area contributed by atoms with Crippen molar-refractivity contribution in [2.45, 2.75) is 35.0 Å². The van der Waals surface area contributed by atoms with Gasteiger partial charge in [-0.05, 0) is 61.7 Å². The second-order valence-electron chi connectivity index (χ2n) is 8.26. The van der Waals surface area contributed by atoms with Crippen LogP contribution in [0.3, 0.4) is 0 Å². The zero-order chi connectivity index (χ0) is 23.4. The second kappa shape index (κ2) is 9.76. The Morgan fingerprint density at radius 3 is 2.55 bits per heavy atom. The molecule has 4 rings (SSSR count). The van der Waals surface area contributed by atoms with Crippen LogP contribution in [-0.4, -0.2) is 59.2 Å². The minimum absolute atomic E-state index is 0.134. The molecule has 172 valence electrons. The Labute approximate surface area is 196 Å². The third kappa shape index (κ3) is 5.09. The first-order valence-electron chi connectivity index (χ1n) is 10.7. The van der Waals surface area contributed by atoms with Crippen LogP contribution in [0.2, 0.25) is 0 Å². The molecule has 0 aliphatic carbocycles. The summed E-state index contributed by atoms with van der Waals surface area (Å²) < 4.78 is 6.90. The van der Waals surface area contributed by atoms with Gasteiger partial charge in [-0.1, -0.05) is 23.9 Å². The second-order valence-corrected chi connectivity index (χ2v) is 9.41. The summed E-state index contributed by atoms with van der Waals surface area (Å²) in [5, 5.41) is 4.19. The fourth-order valence-corrected chi connectivity index (χ4v) is 4.77. The first kappa shape index (κ1) is 23.0. The van der Waals surface area contributed by atoms with Crippen LogP contribution in [0.5, 0.6) is 0 Å². The van der Waals surface area contributed by atoms with Gasteiger partial charge in [0.2, 0.25) is 0 Å². The lowest BCUT2D eigenvalue weighted by atomic mass is 9.73. The Bertz CT molecular complexity index is 1210. The zero-order valence-corrected chi connectivity index (χ0v) is 19.8. The number of rotatable bonds is 6. The van der Waals surface area contributed by atoms with Gasteiger partial charge in [0.1, 0.15) is 5.82 Å². The highest BCUT2D eigenvalue weighted by Crippen LogP contribution is 2.39. The van der Waals surface area contributed by atoms with Crippen LogP contribution >= 0.6 is 11.8 Å². The predicted molar refractivity (Wildman–Crippen MR) is 128 cm³/mol. The van der Waals surface area contributed by atoms with Gasteiger partial charge < -0.3 is 9.64 Å². The lowest BCUT2D eigenvalue weighted by Gasteiger charge is -2.34. The minimum atomic E-state index is -0.676. The number of aromatic amines is 1. The number of nitrogens with zero attached hydrogens (tertiary/aromatic N) is 4. The zero-order valence-electron chi connectivity index (χ0n) is 18.9. The summed E-state index contributed by atoms with van der Waals surface area (Å²) in [7, 11) is 3.69. The number of carbonyl (C=O) groups excluding carboxylic acids is 1. The lowest BCUT2D eigenvalue weighted by molar-refractivity contribution is -0.126. The van der Waals surface area contributed by atoms with E-state index in [4.69, 9.17) is 4.74 Å². The molecular weight excluding hydrogens is 438 g/mol. The van der Waals surface area contributed by atoms with Crippen LogP contribution in [-0.2, 0) is 14.9 Å². The maximum atomic E-state index is 13.2. The molecule has 1 N–H and O–H groups in total. The molecule has 0 atom stereocenters. The van der Waals surface area contributed by atoms with E-state index >= 15 is 0 Å². The number of amides is 1. The predicted octanol–water partition coefficient (Wildman–Crippen LogP) is 3.18. The van der Waals surface area contributed by atoms with Gasteiger partial charge in [-0.25, -0.2) is 9.79 Å². The van der Waals surface area contributed by atoms with Gasteiger partial charge in [0.15, 0.2) is 0 Å². The normalized spacial score (nSPS) is 15.6. The number of aromatic nitrogens is 3. The first-order valence-corrected chi connectivity index (χ1v) is 11.6. The fraction of sp³-hybridized carbons (Fsp3) is 0.333. The van der Waals surface area contributed by atoms with Crippen molar-refractivity contribution in [2.75, 3.05) is 27.3 Å². The highest BCUT2D eigenvalue weighted by Gasteiger charge is 2.41. The monoisotopic (exact) mass is 465 g/mol. The van der Waals surface area contributed by atoms with Crippen molar-refractivity contribution in [1.29, 1.82) is 0 Å². The smallest absolute Gasteiger partial charge is 0.348 e. The minimum Gasteiger partial charge on any atom is -0.381 e. The van der Waals surface area contributed by atoms with Gasteiger partial charge in [0, 0.05) is 37.1 Å². The van der Waals surface area contributed by atoms with E-state index in [9.17, 15) is 9.59 Å². The number of carbonyl (C=O) groups is 1. The summed E-state index contributed by atoms with van der Waals surface area (Å²) in [5.41, 5.74) is 0.730. The molecule has 0 radical (unpaired) electrons. The van der Waals surface area contributed by atoms with E-state index in [-0.39, 0.29) is 11.6 Å². The third-order valence-electron chi connectivity index (χ3n) is 5.60. The van der Waals surface area contributed by atoms with Crippen molar-refractivity contribution in [2.24, 2.45) is 4.99 Å². The maximum absolute atomic E-state index is 13.2. The van der Waals surface area contributed by atoms with Crippen LogP contribution in [0.1, 0.15) is 24.2 Å². The van der Waals surface area contributed by atoms with Crippen LogP contribution in [0.25, 0.3) is 5.69 Å². The molecular formula is C24H27N5O3S. The molecule has 1 aliphatic heterocycles. The van der Waals surface area contributed by atoms with E-state index in [1.807, 2.05) is 56.6 Å². The van der Waals surface area contributed by atoms with Gasteiger partial charge >= 0.3 is 5.69 Å². The molecule has 2 heterocycles. The Morgan fingerprint density at radius 1 is 1.18 bits per heavy atom. The van der Waals surface area contributed by atoms with E-state index in [0.29, 0.717) is 37.6 Å². The van der Waals surface area contributed by atoms with Crippen molar-refractivity contribution in [3.05, 3.63) is 70.4 Å². The third-order valence-corrected chi connectivity index (χ3v) is 6.59. The van der Waals surface area contributed by atoms with Crippen molar-refractivity contribution >= 4 is 24.0 Å². The average molecular weight is 466 g/mol. The number of hydrogen-bond acceptors (Lipinski definition) is 5. The molecule has 2 aromatic carbocycles. The molecule has 0 saturated carbocycles. The summed E-state index contributed by atoms with van der Waals surface area (Å²) in [6.07, 6.45) is 2.78. The number of benzene rings is 2. The van der Waals surface area contributed by atoms with Gasteiger partial charge in [-0.15, -0.1) is 0 Å². The van der Waals surface area contributed by atoms with Crippen LogP contribution in [0.15, 0.2) is 68.1 Å². The molecule has 8 nitrogen and oxygen atoms in total. The van der Waals surface area contributed by atoms with Crippen molar-refractivity contribution in [3.8, 4) is 5.69 Å². The SMILES string of the molecule is Cc1nn(-c2ccc(Sc3cccc(C4(C(=O)N=CN(C)C)CCOCC4)c3)cc2)c(=O)[nH]1. The van der Waals surface area contributed by atoms with Crippen molar-refractivity contribution < 1.29 is 9.53 Å². The number of hydrogen-bond donors (Lipinski definition) is 1. The molecule has 1 fully saturated rings. The number of H-pyrrole nitrogens is 1. The summed E-state index contributed by atoms with van der Waals surface area (Å²) in [6.45, 7) is 2.82. The molecule has 0 spiro atoms. The molecule has 3 aromatic rings. The Kier molecular flexibility index (Phi) is 6.80. The average Bonchev–Trinajstić information content (AvgIpc) is 3.16. The van der Waals surface area contributed by atoms with Crippen molar-refractivity contribution in [3.63, 3.8) is 0 Å². The standard InChI is InChI=1S/C24H27N5O3S/c1-17-26-23(31)29(27-17)19-7-9-20(10-8-19)33-21-6-4-5-18(15-21)24(11-13-32-14-12-24)22(30)25-16-28(2)3/h4-10,15-16H,11-14H2,1-3H3,(H,26,27,31). The first-order chi connectivity index (χ1) is 15.9. The maximum Gasteiger partial charge on any atom is 0.348 e. The number of aliphatic imine (C=N–C) groups is 1. The topological polar surface area (TPSA) is 92.6 Å². The van der Waals surface area contributed by atoms with Crippen molar-refractivity contribution in [1.82, 2.24) is 19.7 Å². The van der Waals surface area contributed by atoms with E-state index in [0.717, 1.165) is 15.4 Å². The molecule has 1 aliphatic rings. The van der Waals surface area contributed by atoms with Gasteiger partial charge in [0.25, 0.3) is 5.91 Å². The lowest BCUT2D eigenvalue weighted by Crippen LogP contribution is -2.41. The van der Waals surface area contributed by atoms with E-state index < -0.39 is 5.41 Å². The van der Waals surface area contributed by atoms with Crippen LogP contribution in [0.4, 0.5) is 0 Å². The molecule has 1 amide bonds. The van der Waals surface area contributed by atoms with E-state index in [1.165, 1.54) is 4.68 Å². The van der Waals surface area contributed by atoms with Gasteiger partial charge in [-0.3, -0.25) is 9.78 Å². The molecule has 1 aromatic heterocycles. The molecule has 0 unspecified atom stereocenters. The van der Waals surface area contributed by atoms with Gasteiger partial charge in [-0.2, -0.15) is 9.78 Å². The quantitative estimate of drug-likeness (QED) is 0.444.